The smallest absolute Gasteiger partial charge is 0.411 e. The van der Waals surface area contributed by atoms with Gasteiger partial charge in [-0.05, 0) is 62.4 Å². The number of hydrogen-bond donors (Lipinski definition) is 1. The summed E-state index contributed by atoms with van der Waals surface area (Å²) in [5.74, 6) is 2.22. The van der Waals surface area contributed by atoms with Crippen molar-refractivity contribution in [3.63, 3.8) is 0 Å². The molecule has 9 nitrogen and oxygen atoms in total. The summed E-state index contributed by atoms with van der Waals surface area (Å²) in [6, 6.07) is 15.6. The van der Waals surface area contributed by atoms with Crippen LogP contribution >= 0.6 is 0 Å². The molecule has 4 aromatic rings. The number of nitrogens with one attached hydrogen (secondary N) is 1. The first-order valence-corrected chi connectivity index (χ1v) is 12.0. The van der Waals surface area contributed by atoms with Gasteiger partial charge in [0.15, 0.2) is 6.61 Å². The van der Waals surface area contributed by atoms with Crippen molar-refractivity contribution in [1.82, 2.24) is 14.7 Å². The first kappa shape index (κ1) is 23.4. The molecule has 0 bridgehead atoms. The van der Waals surface area contributed by atoms with Crippen molar-refractivity contribution in [2.75, 3.05) is 5.32 Å². The number of nitriles is 1. The average molecular weight is 486 g/mol. The lowest BCUT2D eigenvalue weighted by molar-refractivity contribution is 0.130. The number of aryl methyl sites for hydroxylation is 1. The van der Waals surface area contributed by atoms with E-state index in [4.69, 9.17) is 14.0 Å². The van der Waals surface area contributed by atoms with Gasteiger partial charge in [-0.3, -0.25) is 5.32 Å². The summed E-state index contributed by atoms with van der Waals surface area (Å²) in [4.78, 5) is 16.1. The van der Waals surface area contributed by atoms with E-state index in [0.29, 0.717) is 34.6 Å². The number of fused-ring (bicyclic) bond motifs is 1. The summed E-state index contributed by atoms with van der Waals surface area (Å²) < 4.78 is 18.3. The molecular weight excluding hydrogens is 458 g/mol. The third kappa shape index (κ3) is 5.03. The highest BCUT2D eigenvalue weighted by Gasteiger charge is 2.27. The van der Waals surface area contributed by atoms with Crippen molar-refractivity contribution in [1.29, 1.82) is 5.26 Å². The zero-order valence-corrected chi connectivity index (χ0v) is 20.4. The third-order valence-electron chi connectivity index (χ3n) is 5.97. The molecule has 0 spiro atoms. The molecule has 1 fully saturated rings. The maximum Gasteiger partial charge on any atom is 0.411 e. The first-order chi connectivity index (χ1) is 17.4. The minimum absolute atomic E-state index is 0.192. The highest BCUT2D eigenvalue weighted by atomic mass is 16.6. The lowest BCUT2D eigenvalue weighted by Gasteiger charge is -2.13. The Morgan fingerprint density at radius 1 is 1.25 bits per heavy atom. The number of ether oxygens (including phenoxy) is 2. The maximum atomic E-state index is 11.9. The molecule has 1 aliphatic carbocycles. The van der Waals surface area contributed by atoms with Gasteiger partial charge in [0.1, 0.15) is 11.8 Å². The summed E-state index contributed by atoms with van der Waals surface area (Å²) in [5.41, 5.74) is 3.95. The molecule has 9 heteroatoms. The molecular formula is C27H27N5O4. The molecule has 0 saturated heterocycles. The van der Waals surface area contributed by atoms with E-state index in [2.05, 4.69) is 26.1 Å². The molecule has 2 aromatic heterocycles. The lowest BCUT2D eigenvalue weighted by Crippen LogP contribution is -2.17. The Kier molecular flexibility index (Phi) is 6.34. The van der Waals surface area contributed by atoms with Gasteiger partial charge in [0.25, 0.3) is 0 Å². The van der Waals surface area contributed by atoms with Gasteiger partial charge in [0, 0.05) is 30.6 Å². The van der Waals surface area contributed by atoms with Crippen molar-refractivity contribution in [3.8, 4) is 23.1 Å². The second-order valence-corrected chi connectivity index (χ2v) is 9.24. The number of amides is 1. The fourth-order valence-electron chi connectivity index (χ4n) is 4.20. The zero-order valence-electron chi connectivity index (χ0n) is 20.4. The first-order valence-electron chi connectivity index (χ1n) is 12.0. The van der Waals surface area contributed by atoms with E-state index in [1.165, 1.54) is 12.8 Å². The van der Waals surface area contributed by atoms with Gasteiger partial charge in [-0.25, -0.2) is 4.79 Å². The predicted molar refractivity (Wildman–Crippen MR) is 133 cm³/mol. The van der Waals surface area contributed by atoms with E-state index in [-0.39, 0.29) is 12.7 Å². The van der Waals surface area contributed by atoms with Gasteiger partial charge in [0.05, 0.1) is 22.9 Å². The van der Waals surface area contributed by atoms with Gasteiger partial charge in [0.2, 0.25) is 11.7 Å². The maximum absolute atomic E-state index is 11.9. The van der Waals surface area contributed by atoms with E-state index in [1.54, 1.807) is 20.8 Å². The van der Waals surface area contributed by atoms with Gasteiger partial charge < -0.3 is 18.6 Å². The van der Waals surface area contributed by atoms with Crippen molar-refractivity contribution in [2.24, 2.45) is 5.92 Å². The van der Waals surface area contributed by atoms with E-state index in [9.17, 15) is 10.1 Å². The summed E-state index contributed by atoms with van der Waals surface area (Å²) in [5, 5.41) is 17.6. The molecule has 0 unspecified atom stereocenters. The number of hydrogen-bond acceptors (Lipinski definition) is 7. The Hall–Kier alpha value is -4.32. The van der Waals surface area contributed by atoms with Crippen LogP contribution in [-0.4, -0.2) is 26.9 Å². The molecule has 36 heavy (non-hydrogen) atoms. The number of benzene rings is 2. The molecule has 2 aromatic carbocycles. The summed E-state index contributed by atoms with van der Waals surface area (Å²) in [6.07, 6.45) is 1.65. The molecule has 0 atom stereocenters. The van der Waals surface area contributed by atoms with Crippen LogP contribution in [0.4, 0.5) is 10.5 Å². The fourth-order valence-corrected chi connectivity index (χ4v) is 4.20. The Balaban J connectivity index is 1.49. The standard InChI is InChI=1S/C27H27N5O4/c1-16(2)35-27(33)30-20-8-6-19(7-9-20)26-23(13-28)22-11-10-21(34-15-25-29-17(3)36-31-25)12-24(22)32(26)14-18-4-5-18/h6-12,16,18H,4-5,14-15H2,1-3H3,(H,30,33). The van der Waals surface area contributed by atoms with Gasteiger partial charge in [-0.1, -0.05) is 17.3 Å². The molecule has 184 valence electrons. The van der Waals surface area contributed by atoms with E-state index >= 15 is 0 Å². The number of anilines is 1. The normalized spacial score (nSPS) is 13.1. The monoisotopic (exact) mass is 485 g/mol. The second-order valence-electron chi connectivity index (χ2n) is 9.24. The zero-order chi connectivity index (χ0) is 25.2. The molecule has 0 radical (unpaired) electrons. The SMILES string of the molecule is Cc1nc(COc2ccc3c(C#N)c(-c4ccc(NC(=O)OC(C)C)cc4)n(CC4CC4)c3c2)no1. The van der Waals surface area contributed by atoms with Crippen LogP contribution in [0.2, 0.25) is 0 Å². The lowest BCUT2D eigenvalue weighted by atomic mass is 10.1. The summed E-state index contributed by atoms with van der Waals surface area (Å²) in [6.45, 7) is 6.35. The van der Waals surface area contributed by atoms with Crippen LogP contribution in [-0.2, 0) is 17.9 Å². The minimum Gasteiger partial charge on any atom is -0.485 e. The van der Waals surface area contributed by atoms with E-state index in [1.807, 2.05) is 42.5 Å². The van der Waals surface area contributed by atoms with Crippen LogP contribution in [0.15, 0.2) is 47.0 Å². The van der Waals surface area contributed by atoms with Crippen molar-refractivity contribution >= 4 is 22.7 Å². The largest absolute Gasteiger partial charge is 0.485 e. The number of rotatable bonds is 8. The average Bonchev–Trinajstić information content (AvgIpc) is 3.49. The number of aromatic nitrogens is 3. The molecule has 2 heterocycles. The Morgan fingerprint density at radius 2 is 2.03 bits per heavy atom. The van der Waals surface area contributed by atoms with E-state index in [0.717, 1.165) is 28.7 Å². The number of carbonyl (C=O) groups excluding carboxylic acids is 1. The summed E-state index contributed by atoms with van der Waals surface area (Å²) >= 11 is 0. The van der Waals surface area contributed by atoms with Crippen LogP contribution in [0, 0.1) is 24.2 Å². The number of carbonyl (C=O) groups is 1. The second kappa shape index (κ2) is 9.74. The third-order valence-corrected chi connectivity index (χ3v) is 5.97. The quantitative estimate of drug-likeness (QED) is 0.334. The molecule has 1 amide bonds. The minimum atomic E-state index is -0.498. The topological polar surface area (TPSA) is 115 Å². The molecule has 1 N–H and O–H groups in total. The van der Waals surface area contributed by atoms with Crippen LogP contribution < -0.4 is 10.1 Å². The molecule has 1 aliphatic rings. The molecule has 5 rings (SSSR count). The Bertz CT molecular complexity index is 1440. The van der Waals surface area contributed by atoms with E-state index < -0.39 is 6.09 Å². The van der Waals surface area contributed by atoms with Crippen LogP contribution in [0.5, 0.6) is 5.75 Å². The Morgan fingerprint density at radius 3 is 2.67 bits per heavy atom. The Labute approximate surface area is 208 Å². The highest BCUT2D eigenvalue weighted by Crippen LogP contribution is 2.39. The van der Waals surface area contributed by atoms with Crippen LogP contribution in [0.1, 0.15) is 44.0 Å². The van der Waals surface area contributed by atoms with Crippen molar-refractivity contribution in [2.45, 2.75) is 52.9 Å². The summed E-state index contributed by atoms with van der Waals surface area (Å²) in [7, 11) is 0. The predicted octanol–water partition coefficient (Wildman–Crippen LogP) is 5.82. The van der Waals surface area contributed by atoms with Crippen molar-refractivity contribution < 1.29 is 18.8 Å². The number of nitrogens with zero attached hydrogens (tertiary/aromatic N) is 4. The van der Waals surface area contributed by atoms with Crippen molar-refractivity contribution in [3.05, 3.63) is 59.7 Å². The van der Waals surface area contributed by atoms with Crippen LogP contribution in [0.25, 0.3) is 22.2 Å². The molecule has 0 aliphatic heterocycles. The fraction of sp³-hybridized carbons (Fsp3) is 0.333. The van der Waals surface area contributed by atoms with Gasteiger partial charge in [-0.15, -0.1) is 0 Å². The molecule has 1 saturated carbocycles. The highest BCUT2D eigenvalue weighted by molar-refractivity contribution is 5.95. The van der Waals surface area contributed by atoms with Gasteiger partial charge in [-0.2, -0.15) is 10.2 Å². The van der Waals surface area contributed by atoms with Crippen LogP contribution in [0.3, 0.4) is 0 Å². The van der Waals surface area contributed by atoms with Gasteiger partial charge >= 0.3 is 6.09 Å².